The maximum absolute atomic E-state index is 12.4. The van der Waals surface area contributed by atoms with Gasteiger partial charge < -0.3 is 10.4 Å². The largest absolute Gasteiger partial charge is 0.478 e. The van der Waals surface area contributed by atoms with Gasteiger partial charge in [0, 0.05) is 16.8 Å². The molecule has 33 heavy (non-hydrogen) atoms. The lowest BCUT2D eigenvalue weighted by atomic mass is 10.0. The van der Waals surface area contributed by atoms with Gasteiger partial charge in [-0.3, -0.25) is 4.79 Å². The van der Waals surface area contributed by atoms with Crippen LogP contribution < -0.4 is 5.32 Å². The average molecular weight is 477 g/mol. The molecular weight excluding hydrogens is 460 g/mol. The van der Waals surface area contributed by atoms with Gasteiger partial charge in [-0.15, -0.1) is 10.2 Å². The van der Waals surface area contributed by atoms with E-state index >= 15 is 0 Å². The fraction of sp³-hybridized carbons (Fsp3) is 0.0417. The number of halogens is 1. The van der Waals surface area contributed by atoms with Crippen molar-refractivity contribution in [3.63, 3.8) is 0 Å². The first-order valence-electron chi connectivity index (χ1n) is 9.82. The highest BCUT2D eigenvalue weighted by atomic mass is 35.5. The number of hydrogen-bond donors (Lipinski definition) is 2. The monoisotopic (exact) mass is 476 g/mol. The van der Waals surface area contributed by atoms with Crippen molar-refractivity contribution in [2.75, 3.05) is 11.1 Å². The first-order valence-corrected chi connectivity index (χ1v) is 11.2. The number of rotatable bonds is 7. The van der Waals surface area contributed by atoms with Crippen LogP contribution >= 0.6 is 23.4 Å². The zero-order valence-electron chi connectivity index (χ0n) is 17.1. The van der Waals surface area contributed by atoms with Crippen LogP contribution in [-0.4, -0.2) is 37.9 Å². The maximum Gasteiger partial charge on any atom is 0.337 e. The predicted octanol–water partition coefficient (Wildman–Crippen LogP) is 5.29. The molecule has 4 aromatic rings. The van der Waals surface area contributed by atoms with Gasteiger partial charge in [0.2, 0.25) is 11.1 Å². The molecule has 0 radical (unpaired) electrons. The number of aromatic carboxylic acids is 1. The quantitative estimate of drug-likeness (QED) is 0.349. The SMILES string of the molecule is O=C(CSc1nnc(-c2ccccc2)c(-c2ccccc2)n1)Nc1ccc(Cl)c(C(=O)O)c1. The van der Waals surface area contributed by atoms with Crippen molar-refractivity contribution < 1.29 is 14.7 Å². The van der Waals surface area contributed by atoms with E-state index in [-0.39, 0.29) is 22.2 Å². The number of hydrogen-bond acceptors (Lipinski definition) is 6. The van der Waals surface area contributed by atoms with Crippen LogP contribution in [0.1, 0.15) is 10.4 Å². The molecular formula is C24H17ClN4O3S. The van der Waals surface area contributed by atoms with Crippen LogP contribution in [0, 0.1) is 0 Å². The molecule has 0 spiro atoms. The molecule has 0 fully saturated rings. The number of amides is 1. The maximum atomic E-state index is 12.4. The minimum Gasteiger partial charge on any atom is -0.478 e. The summed E-state index contributed by atoms with van der Waals surface area (Å²) in [6.45, 7) is 0. The second-order valence-corrected chi connectivity index (χ2v) is 8.21. The van der Waals surface area contributed by atoms with Crippen molar-refractivity contribution in [2.45, 2.75) is 5.16 Å². The van der Waals surface area contributed by atoms with Crippen molar-refractivity contribution in [3.8, 4) is 22.5 Å². The van der Waals surface area contributed by atoms with Crippen LogP contribution in [-0.2, 0) is 4.79 Å². The van der Waals surface area contributed by atoms with Crippen molar-refractivity contribution in [3.05, 3.63) is 89.4 Å². The lowest BCUT2D eigenvalue weighted by molar-refractivity contribution is -0.113. The Morgan fingerprint density at radius 1 is 0.879 bits per heavy atom. The lowest BCUT2D eigenvalue weighted by Crippen LogP contribution is -2.15. The third-order valence-electron chi connectivity index (χ3n) is 4.57. The van der Waals surface area contributed by atoms with E-state index in [1.54, 1.807) is 0 Å². The van der Waals surface area contributed by atoms with Crippen molar-refractivity contribution in [1.82, 2.24) is 15.2 Å². The van der Waals surface area contributed by atoms with E-state index in [0.717, 1.165) is 22.9 Å². The molecule has 0 unspecified atom stereocenters. The summed E-state index contributed by atoms with van der Waals surface area (Å²) >= 11 is 7.01. The zero-order valence-corrected chi connectivity index (χ0v) is 18.7. The van der Waals surface area contributed by atoms with E-state index in [0.29, 0.717) is 22.2 Å². The van der Waals surface area contributed by atoms with Crippen LogP contribution in [0.4, 0.5) is 5.69 Å². The van der Waals surface area contributed by atoms with Crippen LogP contribution in [0.2, 0.25) is 5.02 Å². The Balaban J connectivity index is 1.52. The minimum atomic E-state index is -1.17. The summed E-state index contributed by atoms with van der Waals surface area (Å²) in [5, 5.41) is 20.9. The topological polar surface area (TPSA) is 105 Å². The standard InChI is InChI=1S/C24H17ClN4O3S/c25-19-12-11-17(13-18(19)23(31)32)26-20(30)14-33-24-27-21(15-7-3-1-4-8-15)22(28-29-24)16-9-5-2-6-10-16/h1-13H,14H2,(H,26,30)(H,31,32). The first kappa shape index (κ1) is 22.4. The third-order valence-corrected chi connectivity index (χ3v) is 5.74. The van der Waals surface area contributed by atoms with E-state index in [9.17, 15) is 14.7 Å². The number of nitrogens with zero attached hydrogens (tertiary/aromatic N) is 3. The summed E-state index contributed by atoms with van der Waals surface area (Å²) in [5.74, 6) is -1.49. The van der Waals surface area contributed by atoms with Gasteiger partial charge >= 0.3 is 5.97 Å². The Bertz CT molecular complexity index is 1300. The molecule has 0 aliphatic rings. The van der Waals surface area contributed by atoms with E-state index in [1.165, 1.54) is 18.2 Å². The minimum absolute atomic E-state index is 0.0195. The Morgan fingerprint density at radius 2 is 1.52 bits per heavy atom. The Labute approximate surface area is 198 Å². The summed E-state index contributed by atoms with van der Waals surface area (Å²) in [5.41, 5.74) is 3.36. The van der Waals surface area contributed by atoms with E-state index < -0.39 is 5.97 Å². The highest BCUT2D eigenvalue weighted by molar-refractivity contribution is 7.99. The molecule has 0 atom stereocenters. The van der Waals surface area contributed by atoms with E-state index in [2.05, 4.69) is 20.5 Å². The van der Waals surface area contributed by atoms with Gasteiger partial charge in [-0.1, -0.05) is 84.0 Å². The lowest BCUT2D eigenvalue weighted by Gasteiger charge is -2.10. The Hall–Kier alpha value is -3.75. The van der Waals surface area contributed by atoms with E-state index in [4.69, 9.17) is 11.6 Å². The molecule has 3 aromatic carbocycles. The average Bonchev–Trinajstić information content (AvgIpc) is 2.85. The van der Waals surface area contributed by atoms with Gasteiger partial charge in [-0.25, -0.2) is 9.78 Å². The van der Waals surface area contributed by atoms with Gasteiger partial charge in [0.25, 0.3) is 0 Å². The van der Waals surface area contributed by atoms with Crippen LogP contribution in [0.25, 0.3) is 22.5 Å². The van der Waals surface area contributed by atoms with Gasteiger partial charge in [-0.05, 0) is 18.2 Å². The number of anilines is 1. The van der Waals surface area contributed by atoms with Gasteiger partial charge in [-0.2, -0.15) is 0 Å². The van der Waals surface area contributed by atoms with Crippen molar-refractivity contribution >= 4 is 40.9 Å². The number of benzene rings is 3. The molecule has 4 rings (SSSR count). The summed E-state index contributed by atoms with van der Waals surface area (Å²) in [6.07, 6.45) is 0. The number of carboxylic acids is 1. The molecule has 1 aromatic heterocycles. The molecule has 164 valence electrons. The highest BCUT2D eigenvalue weighted by Gasteiger charge is 2.15. The third kappa shape index (κ3) is 5.54. The summed E-state index contributed by atoms with van der Waals surface area (Å²) < 4.78 is 0. The number of nitrogens with one attached hydrogen (secondary N) is 1. The molecule has 1 heterocycles. The second-order valence-electron chi connectivity index (χ2n) is 6.86. The first-order chi connectivity index (χ1) is 16.0. The fourth-order valence-corrected chi connectivity index (χ4v) is 3.84. The molecule has 0 bridgehead atoms. The summed E-state index contributed by atoms with van der Waals surface area (Å²) in [7, 11) is 0. The van der Waals surface area contributed by atoms with Crippen molar-refractivity contribution in [2.24, 2.45) is 0 Å². The van der Waals surface area contributed by atoms with Crippen molar-refractivity contribution in [1.29, 1.82) is 0 Å². The summed E-state index contributed by atoms with van der Waals surface area (Å²) in [4.78, 5) is 28.3. The zero-order chi connectivity index (χ0) is 23.2. The summed E-state index contributed by atoms with van der Waals surface area (Å²) in [6, 6.07) is 23.6. The fourth-order valence-electron chi connectivity index (χ4n) is 3.05. The Morgan fingerprint density at radius 3 is 2.15 bits per heavy atom. The van der Waals surface area contributed by atoms with Crippen LogP contribution in [0.15, 0.2) is 84.0 Å². The number of carboxylic acid groups (broad SMARTS) is 1. The molecule has 0 saturated heterocycles. The van der Waals surface area contributed by atoms with Gasteiger partial charge in [0.15, 0.2) is 0 Å². The number of carbonyl (C=O) groups is 2. The molecule has 0 saturated carbocycles. The van der Waals surface area contributed by atoms with Crippen LogP contribution in [0.5, 0.6) is 0 Å². The normalized spacial score (nSPS) is 10.6. The van der Waals surface area contributed by atoms with Crippen LogP contribution in [0.3, 0.4) is 0 Å². The number of aromatic nitrogens is 3. The molecule has 1 amide bonds. The predicted molar refractivity (Wildman–Crippen MR) is 128 cm³/mol. The van der Waals surface area contributed by atoms with Gasteiger partial charge in [0.05, 0.1) is 16.3 Å². The molecule has 7 nitrogen and oxygen atoms in total. The number of thioether (sulfide) groups is 1. The second kappa shape index (κ2) is 10.2. The Kier molecular flexibility index (Phi) is 6.97. The van der Waals surface area contributed by atoms with E-state index in [1.807, 2.05) is 60.7 Å². The molecule has 9 heteroatoms. The molecule has 0 aliphatic carbocycles. The molecule has 2 N–H and O–H groups in total. The smallest absolute Gasteiger partial charge is 0.337 e. The highest BCUT2D eigenvalue weighted by Crippen LogP contribution is 2.29. The molecule has 0 aliphatic heterocycles. The van der Waals surface area contributed by atoms with Gasteiger partial charge in [0.1, 0.15) is 11.4 Å². The number of carbonyl (C=O) groups excluding carboxylic acids is 1.